The number of nitrogens with zero attached hydrogens (tertiary/aromatic N) is 4. The highest BCUT2D eigenvalue weighted by Crippen LogP contribution is 2.33. The van der Waals surface area contributed by atoms with E-state index >= 15 is 0 Å². The Balaban J connectivity index is 1.52. The lowest BCUT2D eigenvalue weighted by molar-refractivity contribution is 0.0742. The third kappa shape index (κ3) is 2.88. The van der Waals surface area contributed by atoms with Crippen LogP contribution in [0.25, 0.3) is 5.69 Å². The Morgan fingerprint density at radius 3 is 2.65 bits per heavy atom. The second-order valence-electron chi connectivity index (χ2n) is 6.09. The molecule has 132 valence electrons. The normalized spacial score (nSPS) is 13.5. The summed E-state index contributed by atoms with van der Waals surface area (Å²) in [7, 11) is 1.79. The van der Waals surface area contributed by atoms with Crippen molar-refractivity contribution in [3.05, 3.63) is 66.2 Å². The maximum Gasteiger partial charge on any atom is 0.254 e. The smallest absolute Gasteiger partial charge is 0.254 e. The number of aromatic nitrogens is 3. The standard InChI is InChI=1S/C19H18N4O3/c1-13(14-3-6-16(7-4-14)23-11-20-10-21-23)22(2)19(24)15-5-8-17-18(9-15)26-12-25-17/h3-11,13H,12H2,1-2H3. The number of hydrogen-bond acceptors (Lipinski definition) is 5. The van der Waals surface area contributed by atoms with E-state index in [0.717, 1.165) is 11.3 Å². The minimum Gasteiger partial charge on any atom is -0.454 e. The van der Waals surface area contributed by atoms with E-state index in [1.807, 2.05) is 31.2 Å². The summed E-state index contributed by atoms with van der Waals surface area (Å²) in [5, 5.41) is 4.11. The van der Waals surface area contributed by atoms with Gasteiger partial charge in [-0.1, -0.05) is 12.1 Å². The van der Waals surface area contributed by atoms with Gasteiger partial charge in [0, 0.05) is 12.6 Å². The molecule has 0 saturated carbocycles. The molecule has 3 aromatic rings. The molecule has 1 unspecified atom stereocenters. The molecule has 0 spiro atoms. The van der Waals surface area contributed by atoms with E-state index in [1.165, 1.54) is 6.33 Å². The third-order valence-corrected chi connectivity index (χ3v) is 4.58. The molecule has 0 aliphatic carbocycles. The summed E-state index contributed by atoms with van der Waals surface area (Å²) in [5.74, 6) is 1.20. The van der Waals surface area contributed by atoms with Crippen LogP contribution < -0.4 is 9.47 Å². The van der Waals surface area contributed by atoms with Crippen molar-refractivity contribution in [2.75, 3.05) is 13.8 Å². The van der Waals surface area contributed by atoms with Gasteiger partial charge in [-0.3, -0.25) is 4.79 Å². The molecule has 1 aliphatic rings. The van der Waals surface area contributed by atoms with E-state index in [4.69, 9.17) is 9.47 Å². The molecule has 1 aromatic heterocycles. The van der Waals surface area contributed by atoms with Crippen LogP contribution in [0.5, 0.6) is 11.5 Å². The van der Waals surface area contributed by atoms with Crippen LogP contribution in [0.4, 0.5) is 0 Å². The highest BCUT2D eigenvalue weighted by Gasteiger charge is 2.22. The predicted octanol–water partition coefficient (Wildman–Crippen LogP) is 2.83. The molecule has 0 bridgehead atoms. The van der Waals surface area contributed by atoms with Crippen LogP contribution in [-0.2, 0) is 0 Å². The summed E-state index contributed by atoms with van der Waals surface area (Å²) in [4.78, 5) is 18.5. The number of ether oxygens (including phenoxy) is 2. The van der Waals surface area contributed by atoms with E-state index in [9.17, 15) is 4.79 Å². The van der Waals surface area contributed by atoms with Gasteiger partial charge in [-0.15, -0.1) is 0 Å². The molecule has 4 rings (SSSR count). The van der Waals surface area contributed by atoms with Gasteiger partial charge in [0.2, 0.25) is 6.79 Å². The van der Waals surface area contributed by atoms with Gasteiger partial charge in [-0.25, -0.2) is 9.67 Å². The number of carbonyl (C=O) groups excluding carboxylic acids is 1. The largest absolute Gasteiger partial charge is 0.454 e. The van der Waals surface area contributed by atoms with Gasteiger partial charge >= 0.3 is 0 Å². The highest BCUT2D eigenvalue weighted by molar-refractivity contribution is 5.95. The van der Waals surface area contributed by atoms with Gasteiger partial charge in [0.1, 0.15) is 12.7 Å². The van der Waals surface area contributed by atoms with Crippen LogP contribution in [0.1, 0.15) is 28.9 Å². The summed E-state index contributed by atoms with van der Waals surface area (Å²) in [6.45, 7) is 2.19. The van der Waals surface area contributed by atoms with E-state index in [1.54, 1.807) is 41.2 Å². The van der Waals surface area contributed by atoms with Gasteiger partial charge in [0.15, 0.2) is 11.5 Å². The van der Waals surface area contributed by atoms with Crippen LogP contribution in [0.3, 0.4) is 0 Å². The van der Waals surface area contributed by atoms with Gasteiger partial charge in [-0.2, -0.15) is 5.10 Å². The van der Waals surface area contributed by atoms with E-state index in [-0.39, 0.29) is 18.7 Å². The number of benzene rings is 2. The Morgan fingerprint density at radius 2 is 1.92 bits per heavy atom. The van der Waals surface area contributed by atoms with Crippen molar-refractivity contribution in [2.45, 2.75) is 13.0 Å². The fourth-order valence-corrected chi connectivity index (χ4v) is 2.88. The number of carbonyl (C=O) groups is 1. The molecule has 7 heteroatoms. The van der Waals surface area contributed by atoms with E-state index < -0.39 is 0 Å². The van der Waals surface area contributed by atoms with Crippen molar-refractivity contribution in [1.29, 1.82) is 0 Å². The molecule has 2 aromatic carbocycles. The van der Waals surface area contributed by atoms with Crippen LogP contribution in [-0.4, -0.2) is 39.4 Å². The van der Waals surface area contributed by atoms with Gasteiger partial charge in [0.25, 0.3) is 5.91 Å². The molecule has 0 fully saturated rings. The summed E-state index contributed by atoms with van der Waals surface area (Å²) in [6.07, 6.45) is 3.14. The molecule has 1 atom stereocenters. The first kappa shape index (κ1) is 16.1. The van der Waals surface area contributed by atoms with Crippen LogP contribution >= 0.6 is 0 Å². The van der Waals surface area contributed by atoms with Crippen molar-refractivity contribution < 1.29 is 14.3 Å². The topological polar surface area (TPSA) is 69.5 Å². The zero-order chi connectivity index (χ0) is 18.1. The summed E-state index contributed by atoms with van der Waals surface area (Å²) in [6, 6.07) is 13.1. The zero-order valence-electron chi connectivity index (χ0n) is 14.5. The SMILES string of the molecule is CC(c1ccc(-n2cncn2)cc1)N(C)C(=O)c1ccc2c(c1)OCO2. The maximum absolute atomic E-state index is 12.8. The lowest BCUT2D eigenvalue weighted by Crippen LogP contribution is -2.29. The van der Waals surface area contributed by atoms with Crippen molar-refractivity contribution in [3.63, 3.8) is 0 Å². The second kappa shape index (κ2) is 6.51. The zero-order valence-corrected chi connectivity index (χ0v) is 14.5. The van der Waals surface area contributed by atoms with E-state index in [2.05, 4.69) is 10.1 Å². The lowest BCUT2D eigenvalue weighted by Gasteiger charge is -2.25. The fraction of sp³-hybridized carbons (Fsp3) is 0.211. The molecular weight excluding hydrogens is 332 g/mol. The highest BCUT2D eigenvalue weighted by atomic mass is 16.7. The molecule has 26 heavy (non-hydrogen) atoms. The van der Waals surface area contributed by atoms with Crippen molar-refractivity contribution in [2.24, 2.45) is 0 Å². The number of rotatable bonds is 4. The fourth-order valence-electron chi connectivity index (χ4n) is 2.88. The number of amides is 1. The summed E-state index contributed by atoms with van der Waals surface area (Å²) in [5.41, 5.74) is 2.52. The van der Waals surface area contributed by atoms with Crippen LogP contribution in [0.2, 0.25) is 0 Å². The molecular formula is C19H18N4O3. The lowest BCUT2D eigenvalue weighted by atomic mass is 10.1. The Morgan fingerprint density at radius 1 is 1.15 bits per heavy atom. The average molecular weight is 350 g/mol. The van der Waals surface area contributed by atoms with Gasteiger partial charge in [-0.05, 0) is 42.8 Å². The number of fused-ring (bicyclic) bond motifs is 1. The Bertz CT molecular complexity index is 922. The first-order valence-electron chi connectivity index (χ1n) is 8.25. The minimum atomic E-state index is -0.0854. The third-order valence-electron chi connectivity index (χ3n) is 4.58. The molecule has 0 saturated heterocycles. The number of hydrogen-bond donors (Lipinski definition) is 0. The monoisotopic (exact) mass is 350 g/mol. The predicted molar refractivity (Wildman–Crippen MR) is 94.4 cm³/mol. The quantitative estimate of drug-likeness (QED) is 0.724. The second-order valence-corrected chi connectivity index (χ2v) is 6.09. The van der Waals surface area contributed by atoms with Crippen molar-refractivity contribution in [1.82, 2.24) is 19.7 Å². The molecule has 7 nitrogen and oxygen atoms in total. The van der Waals surface area contributed by atoms with Gasteiger partial charge in [0.05, 0.1) is 11.7 Å². The minimum absolute atomic E-state index is 0.0730. The van der Waals surface area contributed by atoms with Crippen molar-refractivity contribution >= 4 is 5.91 Å². The van der Waals surface area contributed by atoms with E-state index in [0.29, 0.717) is 17.1 Å². The van der Waals surface area contributed by atoms with Gasteiger partial charge < -0.3 is 14.4 Å². The molecule has 1 aliphatic heterocycles. The Kier molecular flexibility index (Phi) is 4.04. The first-order chi connectivity index (χ1) is 12.6. The van der Waals surface area contributed by atoms with Crippen molar-refractivity contribution in [3.8, 4) is 17.2 Å². The summed E-state index contributed by atoms with van der Waals surface area (Å²) >= 11 is 0. The maximum atomic E-state index is 12.8. The summed E-state index contributed by atoms with van der Waals surface area (Å²) < 4.78 is 12.3. The first-order valence-corrected chi connectivity index (χ1v) is 8.25. The molecule has 0 N–H and O–H groups in total. The molecule has 1 amide bonds. The molecule has 2 heterocycles. The average Bonchev–Trinajstić information content (AvgIpc) is 3.37. The Hall–Kier alpha value is -3.35. The van der Waals surface area contributed by atoms with Crippen LogP contribution in [0.15, 0.2) is 55.1 Å². The Labute approximate surface area is 150 Å². The van der Waals surface area contributed by atoms with Crippen LogP contribution in [0, 0.1) is 0 Å². The molecule has 0 radical (unpaired) electrons.